The number of carbonyl (C=O) groups excluding carboxylic acids is 2. The predicted octanol–water partition coefficient (Wildman–Crippen LogP) is 3.32. The van der Waals surface area contributed by atoms with Gasteiger partial charge in [0.05, 0.1) is 13.5 Å². The van der Waals surface area contributed by atoms with Gasteiger partial charge in [-0.1, -0.05) is 18.2 Å². The molecule has 0 aliphatic heterocycles. The minimum Gasteiger partial charge on any atom is -0.496 e. The smallest absolute Gasteiger partial charge is 0.496 e. The summed E-state index contributed by atoms with van der Waals surface area (Å²) in [5.41, 5.74) is 0.848. The van der Waals surface area contributed by atoms with Crippen molar-refractivity contribution in [2.24, 2.45) is 0 Å². The van der Waals surface area contributed by atoms with Crippen LogP contribution in [-0.4, -0.2) is 32.0 Å². The maximum Gasteiger partial charge on any atom is 0.573 e. The second kappa shape index (κ2) is 8.93. The number of rotatable bonds is 7. The molecule has 27 heavy (non-hydrogen) atoms. The number of hydrogen-bond donors (Lipinski definition) is 1. The maximum absolute atomic E-state index is 12.1. The van der Waals surface area contributed by atoms with Crippen LogP contribution in [-0.2, 0) is 20.7 Å². The Bertz CT molecular complexity index is 790. The number of nitrogens with one attached hydrogen (secondary N) is 1. The quantitative estimate of drug-likeness (QED) is 0.743. The van der Waals surface area contributed by atoms with Gasteiger partial charge in [0.1, 0.15) is 11.5 Å². The second-order valence-corrected chi connectivity index (χ2v) is 5.27. The molecule has 2 aromatic rings. The average Bonchev–Trinajstić information content (AvgIpc) is 2.61. The highest BCUT2D eigenvalue weighted by Crippen LogP contribution is 2.24. The lowest BCUT2D eigenvalue weighted by Crippen LogP contribution is -2.21. The standard InChI is InChI=1S/C18H16F3NO5/c1-25-15-5-3-2-4-12(15)10-17(24)26-11-16(23)22-13-6-8-14(9-7-13)27-18(19,20)21/h2-9H,10-11H2,1H3,(H,22,23). The van der Waals surface area contributed by atoms with E-state index in [4.69, 9.17) is 9.47 Å². The Morgan fingerprint density at radius 1 is 1.04 bits per heavy atom. The number of para-hydroxylation sites is 1. The van der Waals surface area contributed by atoms with Gasteiger partial charge in [0.25, 0.3) is 5.91 Å². The SMILES string of the molecule is COc1ccccc1CC(=O)OCC(=O)Nc1ccc(OC(F)(F)F)cc1. The van der Waals surface area contributed by atoms with Gasteiger partial charge in [-0.3, -0.25) is 9.59 Å². The summed E-state index contributed by atoms with van der Waals surface area (Å²) in [7, 11) is 1.47. The third-order valence-electron chi connectivity index (χ3n) is 3.26. The van der Waals surface area contributed by atoms with Crippen LogP contribution in [0.4, 0.5) is 18.9 Å². The van der Waals surface area contributed by atoms with E-state index in [-0.39, 0.29) is 12.1 Å². The molecule has 0 spiro atoms. The van der Waals surface area contributed by atoms with Crippen molar-refractivity contribution in [3.63, 3.8) is 0 Å². The molecule has 0 aliphatic carbocycles. The molecular weight excluding hydrogens is 367 g/mol. The van der Waals surface area contributed by atoms with Gasteiger partial charge >= 0.3 is 12.3 Å². The Kier molecular flexibility index (Phi) is 6.64. The highest BCUT2D eigenvalue weighted by molar-refractivity contribution is 5.92. The Balaban J connectivity index is 1.81. The van der Waals surface area contributed by atoms with Crippen molar-refractivity contribution >= 4 is 17.6 Å². The first-order valence-corrected chi connectivity index (χ1v) is 7.70. The number of alkyl halides is 3. The molecule has 1 N–H and O–H groups in total. The fraction of sp³-hybridized carbons (Fsp3) is 0.222. The highest BCUT2D eigenvalue weighted by atomic mass is 19.4. The molecule has 0 saturated carbocycles. The summed E-state index contributed by atoms with van der Waals surface area (Å²) in [5, 5.41) is 2.40. The summed E-state index contributed by atoms with van der Waals surface area (Å²) >= 11 is 0. The first kappa shape index (κ1) is 20.1. The summed E-state index contributed by atoms with van der Waals surface area (Å²) in [6.45, 7) is -0.533. The van der Waals surface area contributed by atoms with E-state index in [0.29, 0.717) is 11.3 Å². The molecular formula is C18H16F3NO5. The van der Waals surface area contributed by atoms with Crippen molar-refractivity contribution in [2.75, 3.05) is 19.0 Å². The van der Waals surface area contributed by atoms with Crippen LogP contribution in [0.3, 0.4) is 0 Å². The van der Waals surface area contributed by atoms with Gasteiger partial charge in [0.15, 0.2) is 6.61 Å². The third kappa shape index (κ3) is 6.89. The molecule has 0 bridgehead atoms. The zero-order valence-electron chi connectivity index (χ0n) is 14.2. The summed E-state index contributed by atoms with van der Waals surface area (Å²) < 4.78 is 50.0. The van der Waals surface area contributed by atoms with Crippen molar-refractivity contribution in [3.8, 4) is 11.5 Å². The number of ether oxygens (including phenoxy) is 3. The number of amides is 1. The van der Waals surface area contributed by atoms with Crippen molar-refractivity contribution in [3.05, 3.63) is 54.1 Å². The van der Waals surface area contributed by atoms with E-state index in [2.05, 4.69) is 10.1 Å². The molecule has 6 nitrogen and oxygen atoms in total. The number of hydrogen-bond acceptors (Lipinski definition) is 5. The van der Waals surface area contributed by atoms with Crippen LogP contribution < -0.4 is 14.8 Å². The van der Waals surface area contributed by atoms with Crippen LogP contribution in [0.25, 0.3) is 0 Å². The maximum atomic E-state index is 12.1. The Labute approximate surface area is 152 Å². The van der Waals surface area contributed by atoms with Gasteiger partial charge < -0.3 is 19.5 Å². The minimum atomic E-state index is -4.79. The van der Waals surface area contributed by atoms with Crippen LogP contribution >= 0.6 is 0 Å². The molecule has 9 heteroatoms. The zero-order chi connectivity index (χ0) is 19.9. The van der Waals surface area contributed by atoms with E-state index in [1.807, 2.05) is 0 Å². The van der Waals surface area contributed by atoms with E-state index in [1.165, 1.54) is 19.2 Å². The number of anilines is 1. The topological polar surface area (TPSA) is 73.9 Å². The first-order valence-electron chi connectivity index (χ1n) is 7.70. The lowest BCUT2D eigenvalue weighted by Gasteiger charge is -2.10. The van der Waals surface area contributed by atoms with Gasteiger partial charge in [-0.05, 0) is 30.3 Å². The van der Waals surface area contributed by atoms with E-state index in [0.717, 1.165) is 12.1 Å². The molecule has 0 radical (unpaired) electrons. The van der Waals surface area contributed by atoms with Crippen LogP contribution in [0, 0.1) is 0 Å². The average molecular weight is 383 g/mol. The monoisotopic (exact) mass is 383 g/mol. The number of esters is 1. The van der Waals surface area contributed by atoms with Gasteiger partial charge in [-0.25, -0.2) is 0 Å². The predicted molar refractivity (Wildman–Crippen MR) is 89.4 cm³/mol. The molecule has 2 aromatic carbocycles. The Morgan fingerprint density at radius 3 is 2.33 bits per heavy atom. The van der Waals surface area contributed by atoms with E-state index in [9.17, 15) is 22.8 Å². The van der Waals surface area contributed by atoms with Crippen LogP contribution in [0.2, 0.25) is 0 Å². The van der Waals surface area contributed by atoms with Crippen LogP contribution in [0.1, 0.15) is 5.56 Å². The van der Waals surface area contributed by atoms with E-state index < -0.39 is 30.6 Å². The summed E-state index contributed by atoms with van der Waals surface area (Å²) in [5.74, 6) is -1.14. The fourth-order valence-electron chi connectivity index (χ4n) is 2.14. The van der Waals surface area contributed by atoms with E-state index >= 15 is 0 Å². The largest absolute Gasteiger partial charge is 0.573 e. The number of benzene rings is 2. The molecule has 0 fully saturated rings. The molecule has 0 heterocycles. The normalized spacial score (nSPS) is 10.8. The molecule has 0 saturated heterocycles. The molecule has 0 atom stereocenters. The van der Waals surface area contributed by atoms with Crippen molar-refractivity contribution in [1.29, 1.82) is 0 Å². The van der Waals surface area contributed by atoms with Gasteiger partial charge in [-0.2, -0.15) is 0 Å². The summed E-state index contributed by atoms with van der Waals surface area (Å²) in [6.07, 6.45) is -4.86. The Morgan fingerprint density at radius 2 is 1.70 bits per heavy atom. The Hall–Kier alpha value is -3.23. The van der Waals surface area contributed by atoms with E-state index in [1.54, 1.807) is 24.3 Å². The van der Waals surface area contributed by atoms with Crippen LogP contribution in [0.15, 0.2) is 48.5 Å². The lowest BCUT2D eigenvalue weighted by molar-refractivity contribution is -0.274. The van der Waals surface area contributed by atoms with Crippen molar-refractivity contribution in [2.45, 2.75) is 12.8 Å². The first-order chi connectivity index (χ1) is 12.8. The van der Waals surface area contributed by atoms with Gasteiger partial charge in [0.2, 0.25) is 0 Å². The lowest BCUT2D eigenvalue weighted by atomic mass is 10.1. The molecule has 1 amide bonds. The summed E-state index contributed by atoms with van der Waals surface area (Å²) in [4.78, 5) is 23.6. The van der Waals surface area contributed by atoms with Crippen molar-refractivity contribution in [1.82, 2.24) is 0 Å². The minimum absolute atomic E-state index is 0.0687. The van der Waals surface area contributed by atoms with Crippen LogP contribution in [0.5, 0.6) is 11.5 Å². The van der Waals surface area contributed by atoms with Gasteiger partial charge in [-0.15, -0.1) is 13.2 Å². The molecule has 0 aromatic heterocycles. The summed E-state index contributed by atoms with van der Waals surface area (Å²) in [6, 6.07) is 11.5. The second-order valence-electron chi connectivity index (χ2n) is 5.27. The number of carbonyl (C=O) groups is 2. The number of halogens is 3. The fourth-order valence-corrected chi connectivity index (χ4v) is 2.14. The number of methoxy groups -OCH3 is 1. The zero-order valence-corrected chi connectivity index (χ0v) is 14.2. The van der Waals surface area contributed by atoms with Crippen molar-refractivity contribution < 1.29 is 37.0 Å². The third-order valence-corrected chi connectivity index (χ3v) is 3.26. The highest BCUT2D eigenvalue weighted by Gasteiger charge is 2.30. The molecule has 0 aliphatic rings. The molecule has 144 valence electrons. The molecule has 0 unspecified atom stereocenters. The molecule has 2 rings (SSSR count). The van der Waals surface area contributed by atoms with Gasteiger partial charge in [0, 0.05) is 11.3 Å².